The van der Waals surface area contributed by atoms with E-state index in [0.717, 1.165) is 5.56 Å². The van der Waals surface area contributed by atoms with Crippen LogP contribution in [0.3, 0.4) is 0 Å². The van der Waals surface area contributed by atoms with Crippen LogP contribution in [0.1, 0.15) is 68.3 Å². The summed E-state index contributed by atoms with van der Waals surface area (Å²) >= 11 is 0. The number of benzene rings is 1. The monoisotopic (exact) mass is 412 g/mol. The van der Waals surface area contributed by atoms with Crippen molar-refractivity contribution in [2.75, 3.05) is 11.9 Å². The number of rotatable bonds is 6. The molecule has 158 valence electrons. The Morgan fingerprint density at radius 2 is 1.83 bits per heavy atom. The molecule has 0 radical (unpaired) electrons. The maximum atomic E-state index is 12.5. The molecule has 1 amide bonds. The van der Waals surface area contributed by atoms with E-state index < -0.39 is 18.5 Å². The zero-order valence-electron chi connectivity index (χ0n) is 17.4. The van der Waals surface area contributed by atoms with Crippen LogP contribution in [0, 0.1) is 13.8 Å². The Morgan fingerprint density at radius 3 is 2.53 bits per heavy atom. The second-order valence-electron chi connectivity index (χ2n) is 7.50. The minimum absolute atomic E-state index is 0.0521. The number of ether oxygens (including phenoxy) is 2. The fourth-order valence-corrected chi connectivity index (χ4v) is 3.38. The Balaban J connectivity index is 1.68. The van der Waals surface area contributed by atoms with Gasteiger partial charge in [-0.05, 0) is 63.4 Å². The number of H-pyrrole nitrogens is 1. The summed E-state index contributed by atoms with van der Waals surface area (Å²) in [5.41, 5.74) is 3.28. The Bertz CT molecular complexity index is 1030. The normalized spacial score (nSPS) is 12.9. The van der Waals surface area contributed by atoms with Crippen LogP contribution in [0.15, 0.2) is 18.2 Å². The van der Waals surface area contributed by atoms with Gasteiger partial charge in [0.05, 0.1) is 11.7 Å². The maximum absolute atomic E-state index is 12.5. The lowest BCUT2D eigenvalue weighted by Crippen LogP contribution is -2.20. The molecule has 0 atom stereocenters. The van der Waals surface area contributed by atoms with Crippen molar-refractivity contribution < 1.29 is 28.7 Å². The quantitative estimate of drug-likeness (QED) is 0.556. The van der Waals surface area contributed by atoms with Crippen LogP contribution in [0.25, 0.3) is 0 Å². The third-order valence-electron chi connectivity index (χ3n) is 4.85. The van der Waals surface area contributed by atoms with Gasteiger partial charge in [0, 0.05) is 23.4 Å². The topological polar surface area (TPSA) is 115 Å². The average molecular weight is 412 g/mol. The summed E-state index contributed by atoms with van der Waals surface area (Å²) in [6.07, 6.45) is 0.634. The van der Waals surface area contributed by atoms with E-state index in [1.807, 2.05) is 0 Å². The van der Waals surface area contributed by atoms with E-state index in [1.54, 1.807) is 45.9 Å². The molecular formula is C22H24N2O6. The van der Waals surface area contributed by atoms with Crippen LogP contribution < -0.4 is 5.32 Å². The molecule has 2 heterocycles. The van der Waals surface area contributed by atoms with Crippen LogP contribution in [0.2, 0.25) is 0 Å². The number of aromatic nitrogens is 1. The zero-order chi connectivity index (χ0) is 22.0. The summed E-state index contributed by atoms with van der Waals surface area (Å²) in [6.45, 7) is 6.33. The minimum atomic E-state index is -0.724. The number of hydrogen-bond donors (Lipinski definition) is 2. The van der Waals surface area contributed by atoms with E-state index in [4.69, 9.17) is 9.47 Å². The molecule has 1 aliphatic heterocycles. The number of Topliss-reactive ketones (excluding diaryl/α,β-unsaturated/α-hetero) is 1. The highest BCUT2D eigenvalue weighted by molar-refractivity contribution is 6.02. The highest BCUT2D eigenvalue weighted by atomic mass is 16.5. The van der Waals surface area contributed by atoms with Gasteiger partial charge in [0.15, 0.2) is 12.4 Å². The molecule has 0 aliphatic carbocycles. The lowest BCUT2D eigenvalue weighted by molar-refractivity contribution is -0.116. The van der Waals surface area contributed by atoms with Gasteiger partial charge in [0.2, 0.25) is 5.91 Å². The molecule has 30 heavy (non-hydrogen) atoms. The standard InChI is InChI=1S/C22H24N2O6/c1-11(2)30-21(27)19-12(3)20(23-13(19)4)22(28)29-10-17(25)15-5-7-16-14(9-15)6-8-18(26)24-16/h5,7,9,11,23H,6,8,10H2,1-4H3,(H,24,26). The maximum Gasteiger partial charge on any atom is 0.355 e. The van der Waals surface area contributed by atoms with Crippen molar-refractivity contribution in [1.82, 2.24) is 4.98 Å². The zero-order valence-corrected chi connectivity index (χ0v) is 17.4. The molecule has 0 saturated carbocycles. The lowest BCUT2D eigenvalue weighted by atomic mass is 9.99. The lowest BCUT2D eigenvalue weighted by Gasteiger charge is -2.17. The molecule has 1 aliphatic rings. The molecule has 0 unspecified atom stereocenters. The summed E-state index contributed by atoms with van der Waals surface area (Å²) in [5, 5.41) is 2.75. The Labute approximate surface area is 173 Å². The van der Waals surface area contributed by atoms with Crippen LogP contribution >= 0.6 is 0 Å². The van der Waals surface area contributed by atoms with Gasteiger partial charge in [0.1, 0.15) is 5.69 Å². The third-order valence-corrected chi connectivity index (χ3v) is 4.85. The number of hydrogen-bond acceptors (Lipinski definition) is 6. The van der Waals surface area contributed by atoms with Crippen molar-refractivity contribution in [3.05, 3.63) is 51.8 Å². The molecule has 1 aromatic heterocycles. The Kier molecular flexibility index (Phi) is 6.05. The van der Waals surface area contributed by atoms with Gasteiger partial charge in [-0.3, -0.25) is 9.59 Å². The first-order valence-electron chi connectivity index (χ1n) is 9.70. The molecule has 2 N–H and O–H groups in total. The number of ketones is 1. The second kappa shape index (κ2) is 8.52. The van der Waals surface area contributed by atoms with E-state index in [0.29, 0.717) is 40.9 Å². The molecule has 8 nitrogen and oxygen atoms in total. The van der Waals surface area contributed by atoms with Crippen molar-refractivity contribution in [2.45, 2.75) is 46.6 Å². The first-order valence-corrected chi connectivity index (χ1v) is 9.70. The fourth-order valence-electron chi connectivity index (χ4n) is 3.38. The Morgan fingerprint density at radius 1 is 1.10 bits per heavy atom. The number of aryl methyl sites for hydroxylation is 2. The van der Waals surface area contributed by atoms with E-state index in [2.05, 4.69) is 10.3 Å². The predicted molar refractivity (Wildman–Crippen MR) is 109 cm³/mol. The van der Waals surface area contributed by atoms with Gasteiger partial charge in [-0.25, -0.2) is 9.59 Å². The number of esters is 2. The molecular weight excluding hydrogens is 388 g/mol. The number of anilines is 1. The van der Waals surface area contributed by atoms with Gasteiger partial charge in [-0.1, -0.05) is 0 Å². The second-order valence-corrected chi connectivity index (χ2v) is 7.50. The smallest absolute Gasteiger partial charge is 0.355 e. The molecule has 0 saturated heterocycles. The number of nitrogens with one attached hydrogen (secondary N) is 2. The summed E-state index contributed by atoms with van der Waals surface area (Å²) in [4.78, 5) is 51.5. The van der Waals surface area contributed by atoms with Crippen molar-refractivity contribution in [2.24, 2.45) is 0 Å². The van der Waals surface area contributed by atoms with Gasteiger partial charge in [-0.15, -0.1) is 0 Å². The van der Waals surface area contributed by atoms with E-state index in [9.17, 15) is 19.2 Å². The largest absolute Gasteiger partial charge is 0.459 e. The summed E-state index contributed by atoms with van der Waals surface area (Å²) in [7, 11) is 0. The SMILES string of the molecule is Cc1[nH]c(C(=O)OCC(=O)c2ccc3c(c2)CCC(=O)N3)c(C)c1C(=O)OC(C)C. The first-order chi connectivity index (χ1) is 14.2. The van der Waals surface area contributed by atoms with Gasteiger partial charge >= 0.3 is 11.9 Å². The summed E-state index contributed by atoms with van der Waals surface area (Å²) in [5.74, 6) is -1.66. The molecule has 0 fully saturated rings. The van der Waals surface area contributed by atoms with Crippen LogP contribution in [0.5, 0.6) is 0 Å². The molecule has 0 spiro atoms. The van der Waals surface area contributed by atoms with E-state index in [-0.39, 0.29) is 23.5 Å². The van der Waals surface area contributed by atoms with E-state index in [1.165, 1.54) is 0 Å². The molecule has 1 aromatic carbocycles. The van der Waals surface area contributed by atoms with Crippen molar-refractivity contribution in [1.29, 1.82) is 0 Å². The van der Waals surface area contributed by atoms with Crippen molar-refractivity contribution in [3.8, 4) is 0 Å². The van der Waals surface area contributed by atoms with E-state index >= 15 is 0 Å². The fraction of sp³-hybridized carbons (Fsp3) is 0.364. The summed E-state index contributed by atoms with van der Waals surface area (Å²) in [6, 6.07) is 4.96. The van der Waals surface area contributed by atoms with Gasteiger partial charge in [0.25, 0.3) is 0 Å². The first kappa shape index (κ1) is 21.3. The van der Waals surface area contributed by atoms with Crippen LogP contribution in [0.4, 0.5) is 5.69 Å². The number of carbonyl (C=O) groups excluding carboxylic acids is 4. The third kappa shape index (κ3) is 4.42. The molecule has 2 aromatic rings. The predicted octanol–water partition coefficient (Wildman–Crippen LogP) is 3.12. The van der Waals surface area contributed by atoms with Crippen LogP contribution in [-0.2, 0) is 20.7 Å². The number of carbonyl (C=O) groups is 4. The van der Waals surface area contributed by atoms with Crippen LogP contribution in [-0.4, -0.2) is 41.3 Å². The number of fused-ring (bicyclic) bond motifs is 1. The summed E-state index contributed by atoms with van der Waals surface area (Å²) < 4.78 is 10.4. The molecule has 3 rings (SSSR count). The number of aromatic amines is 1. The molecule has 0 bridgehead atoms. The molecule has 8 heteroatoms. The van der Waals surface area contributed by atoms with Gasteiger partial charge in [-0.2, -0.15) is 0 Å². The van der Waals surface area contributed by atoms with Crippen molar-refractivity contribution in [3.63, 3.8) is 0 Å². The number of amides is 1. The minimum Gasteiger partial charge on any atom is -0.459 e. The van der Waals surface area contributed by atoms with Crippen molar-refractivity contribution >= 4 is 29.3 Å². The Hall–Kier alpha value is -3.42. The van der Waals surface area contributed by atoms with Gasteiger partial charge < -0.3 is 19.8 Å². The highest BCUT2D eigenvalue weighted by Crippen LogP contribution is 2.24. The average Bonchev–Trinajstić information content (AvgIpc) is 2.99. The highest BCUT2D eigenvalue weighted by Gasteiger charge is 2.25.